The molecule has 1 aliphatic rings. The van der Waals surface area contributed by atoms with E-state index in [4.69, 9.17) is 0 Å². The predicted molar refractivity (Wildman–Crippen MR) is 303 cm³/mol. The Morgan fingerprint density at radius 2 is 0.597 bits per heavy atom. The lowest BCUT2D eigenvalue weighted by Gasteiger charge is -2.34. The number of hydrogen-bond donors (Lipinski definition) is 0. The third-order valence-corrected chi connectivity index (χ3v) is 14.8. The summed E-state index contributed by atoms with van der Waals surface area (Å²) in [6.45, 7) is 0. The highest BCUT2D eigenvalue weighted by atomic mass is 15.1. The maximum Gasteiger partial charge on any atom is 0.0713 e. The number of nitrogens with zero attached hydrogens (tertiary/aromatic N) is 1. The van der Waals surface area contributed by atoms with E-state index in [0.29, 0.717) is 0 Å². The average Bonchev–Trinajstić information content (AvgIpc) is 3.78. The summed E-state index contributed by atoms with van der Waals surface area (Å²) in [6.07, 6.45) is 0. The highest BCUT2D eigenvalue weighted by Gasteiger charge is 2.46. The van der Waals surface area contributed by atoms with Crippen molar-refractivity contribution in [2.24, 2.45) is 0 Å². The van der Waals surface area contributed by atoms with Gasteiger partial charge in [-0.1, -0.05) is 249 Å². The van der Waals surface area contributed by atoms with Gasteiger partial charge in [-0.2, -0.15) is 0 Å². The van der Waals surface area contributed by atoms with Crippen LogP contribution in [0.4, 0.5) is 17.1 Å². The minimum atomic E-state index is -0.457. The van der Waals surface area contributed by atoms with Crippen LogP contribution in [-0.4, -0.2) is 0 Å². The Morgan fingerprint density at radius 3 is 1.19 bits per heavy atom. The van der Waals surface area contributed by atoms with Crippen LogP contribution in [0, 0.1) is 0 Å². The molecule has 12 aromatic carbocycles. The Labute approximate surface area is 422 Å². The second-order valence-electron chi connectivity index (χ2n) is 18.8. The second kappa shape index (κ2) is 18.2. The molecule has 12 aromatic rings. The van der Waals surface area contributed by atoms with E-state index >= 15 is 0 Å². The molecule has 338 valence electrons. The Balaban J connectivity index is 0.884. The first-order chi connectivity index (χ1) is 35.7. The summed E-state index contributed by atoms with van der Waals surface area (Å²) in [4.78, 5) is 2.38. The fraction of sp³-hybridized carbons (Fsp3) is 0.0141. The monoisotopic (exact) mass is 915 g/mol. The van der Waals surface area contributed by atoms with Gasteiger partial charge in [-0.3, -0.25) is 0 Å². The van der Waals surface area contributed by atoms with Crippen molar-refractivity contribution in [2.75, 3.05) is 4.90 Å². The van der Waals surface area contributed by atoms with E-state index in [9.17, 15) is 0 Å². The molecule has 0 bridgehead atoms. The van der Waals surface area contributed by atoms with Gasteiger partial charge in [0.05, 0.1) is 5.41 Å². The van der Waals surface area contributed by atoms with Gasteiger partial charge in [0.15, 0.2) is 0 Å². The molecular formula is C71H49N. The highest BCUT2D eigenvalue weighted by Crippen LogP contribution is 2.58. The topological polar surface area (TPSA) is 3.24 Å². The summed E-state index contributed by atoms with van der Waals surface area (Å²) in [6, 6.07) is 109. The van der Waals surface area contributed by atoms with Gasteiger partial charge in [-0.15, -0.1) is 0 Å². The first-order valence-electron chi connectivity index (χ1n) is 24.9. The van der Waals surface area contributed by atoms with Gasteiger partial charge in [0.2, 0.25) is 0 Å². The number of hydrogen-bond acceptors (Lipinski definition) is 1. The SMILES string of the molecule is c1ccc(-c2ccc(-c3ccc(N(c4ccc(-c5cccc(-c6ccc7ccccc7c6)c5)cc4)c4ccc(-c5cccc6c5-c5ccccc5C6(c5ccccc5)c5ccccc5)cc4)cc3)cc2)cc1. The zero-order chi connectivity index (χ0) is 47.8. The molecule has 0 saturated heterocycles. The third kappa shape index (κ3) is 7.51. The second-order valence-corrected chi connectivity index (χ2v) is 18.8. The van der Waals surface area contributed by atoms with Gasteiger partial charge in [-0.05, 0) is 148 Å². The third-order valence-electron chi connectivity index (χ3n) is 14.8. The van der Waals surface area contributed by atoms with E-state index in [-0.39, 0.29) is 0 Å². The molecule has 1 heteroatoms. The first kappa shape index (κ1) is 42.8. The lowest BCUT2D eigenvalue weighted by Crippen LogP contribution is -2.28. The minimum Gasteiger partial charge on any atom is -0.311 e. The summed E-state index contributed by atoms with van der Waals surface area (Å²) >= 11 is 0. The summed E-state index contributed by atoms with van der Waals surface area (Å²) in [5.41, 5.74) is 22.5. The van der Waals surface area contributed by atoms with Crippen LogP contribution in [0.15, 0.2) is 297 Å². The molecule has 0 N–H and O–H groups in total. The van der Waals surface area contributed by atoms with Crippen LogP contribution >= 0.6 is 0 Å². The van der Waals surface area contributed by atoms with Gasteiger partial charge in [0.1, 0.15) is 0 Å². The fourth-order valence-corrected chi connectivity index (χ4v) is 11.3. The molecule has 0 saturated carbocycles. The highest BCUT2D eigenvalue weighted by molar-refractivity contribution is 5.96. The Kier molecular flexibility index (Phi) is 10.8. The molecule has 0 amide bonds. The van der Waals surface area contributed by atoms with E-state index in [1.807, 2.05) is 0 Å². The Morgan fingerprint density at radius 1 is 0.222 bits per heavy atom. The molecule has 1 nitrogen and oxygen atoms in total. The molecule has 0 heterocycles. The van der Waals surface area contributed by atoms with E-state index in [1.54, 1.807) is 0 Å². The zero-order valence-corrected chi connectivity index (χ0v) is 39.7. The van der Waals surface area contributed by atoms with E-state index < -0.39 is 5.41 Å². The smallest absolute Gasteiger partial charge is 0.0713 e. The van der Waals surface area contributed by atoms with Crippen LogP contribution in [0.25, 0.3) is 77.5 Å². The molecule has 1 aliphatic carbocycles. The Bertz CT molecular complexity index is 3820. The zero-order valence-electron chi connectivity index (χ0n) is 39.7. The molecule has 13 rings (SSSR count). The van der Waals surface area contributed by atoms with Gasteiger partial charge in [0.25, 0.3) is 0 Å². The summed E-state index contributed by atoms with van der Waals surface area (Å²) in [5.74, 6) is 0. The van der Waals surface area contributed by atoms with Crippen LogP contribution in [0.1, 0.15) is 22.3 Å². The molecular weight excluding hydrogens is 867 g/mol. The summed E-state index contributed by atoms with van der Waals surface area (Å²) in [7, 11) is 0. The van der Waals surface area contributed by atoms with Gasteiger partial charge in [-0.25, -0.2) is 0 Å². The maximum atomic E-state index is 2.38. The molecule has 72 heavy (non-hydrogen) atoms. The van der Waals surface area contributed by atoms with Crippen molar-refractivity contribution in [3.05, 3.63) is 320 Å². The molecule has 0 unspecified atom stereocenters. The number of fused-ring (bicyclic) bond motifs is 4. The number of anilines is 3. The van der Waals surface area contributed by atoms with Crippen molar-refractivity contribution in [1.29, 1.82) is 0 Å². The van der Waals surface area contributed by atoms with E-state index in [2.05, 4.69) is 302 Å². The molecule has 0 radical (unpaired) electrons. The van der Waals surface area contributed by atoms with E-state index in [1.165, 1.54) is 99.8 Å². The van der Waals surface area contributed by atoms with Crippen molar-refractivity contribution < 1.29 is 0 Å². The van der Waals surface area contributed by atoms with Crippen LogP contribution in [0.2, 0.25) is 0 Å². The van der Waals surface area contributed by atoms with Gasteiger partial charge >= 0.3 is 0 Å². The molecule has 0 spiro atoms. The average molecular weight is 916 g/mol. The summed E-state index contributed by atoms with van der Waals surface area (Å²) < 4.78 is 0. The largest absolute Gasteiger partial charge is 0.311 e. The fourth-order valence-electron chi connectivity index (χ4n) is 11.3. The van der Waals surface area contributed by atoms with E-state index in [0.717, 1.165) is 17.1 Å². The minimum absolute atomic E-state index is 0.457. The standard InChI is InChI=1S/C71H49N/c1-4-16-50(17-5-1)52-30-32-53(33-31-52)54-36-42-63(43-37-54)72(64-44-38-55(39-45-64)58-20-14-21-59(48-58)60-35-34-51-18-10-11-19-57(51)49-60)65-46-40-56(41-47-65)66-27-15-29-69-70(66)67-26-12-13-28-68(67)71(69,61-22-6-2-7-23-61)62-24-8-3-9-25-62/h1-49H. The normalized spacial score (nSPS) is 12.3. The van der Waals surface area contributed by atoms with Crippen molar-refractivity contribution in [1.82, 2.24) is 0 Å². The lowest BCUT2D eigenvalue weighted by atomic mass is 9.67. The van der Waals surface area contributed by atoms with Crippen LogP contribution in [0.3, 0.4) is 0 Å². The van der Waals surface area contributed by atoms with Crippen LogP contribution < -0.4 is 4.90 Å². The van der Waals surface area contributed by atoms with Gasteiger partial charge in [0, 0.05) is 17.1 Å². The van der Waals surface area contributed by atoms with Crippen molar-refractivity contribution >= 4 is 27.8 Å². The summed E-state index contributed by atoms with van der Waals surface area (Å²) in [5, 5.41) is 2.50. The van der Waals surface area contributed by atoms with Crippen molar-refractivity contribution in [3.8, 4) is 66.8 Å². The number of benzene rings is 12. The molecule has 0 atom stereocenters. The van der Waals surface area contributed by atoms with Crippen molar-refractivity contribution in [3.63, 3.8) is 0 Å². The quantitative estimate of drug-likeness (QED) is 0.132. The molecule has 0 aliphatic heterocycles. The van der Waals surface area contributed by atoms with Crippen molar-refractivity contribution in [2.45, 2.75) is 5.41 Å². The number of rotatable bonds is 10. The predicted octanol–water partition coefficient (Wildman–Crippen LogP) is 19.0. The Hall–Kier alpha value is -9.30. The lowest BCUT2D eigenvalue weighted by molar-refractivity contribution is 0.768. The maximum absolute atomic E-state index is 2.38. The van der Waals surface area contributed by atoms with Gasteiger partial charge < -0.3 is 4.90 Å². The van der Waals surface area contributed by atoms with Crippen LogP contribution in [0.5, 0.6) is 0 Å². The molecule has 0 fully saturated rings. The van der Waals surface area contributed by atoms with Crippen LogP contribution in [-0.2, 0) is 5.41 Å². The molecule has 0 aromatic heterocycles. The first-order valence-corrected chi connectivity index (χ1v) is 24.9.